The number of nitro benzene ring substituents is 1. The molecule has 0 atom stereocenters. The lowest BCUT2D eigenvalue weighted by Gasteiger charge is -2.13. The Morgan fingerprint density at radius 3 is 2.74 bits per heavy atom. The van der Waals surface area contributed by atoms with Gasteiger partial charge in [-0.3, -0.25) is 14.9 Å². The van der Waals surface area contributed by atoms with Crippen molar-refractivity contribution in [2.75, 3.05) is 12.8 Å². The molecule has 2 heterocycles. The van der Waals surface area contributed by atoms with Gasteiger partial charge in [0.1, 0.15) is 12.3 Å². The maximum Gasteiger partial charge on any atom is 0.294 e. The molecule has 5 aromatic rings. The van der Waals surface area contributed by atoms with Crippen molar-refractivity contribution in [3.05, 3.63) is 98.7 Å². The van der Waals surface area contributed by atoms with Gasteiger partial charge in [0, 0.05) is 33.8 Å². The number of ether oxygens (including phenoxy) is 2. The number of nitrogens with two attached hydrogens (primary N) is 1. The van der Waals surface area contributed by atoms with E-state index in [0.29, 0.717) is 22.1 Å². The van der Waals surface area contributed by atoms with Crippen molar-refractivity contribution in [2.45, 2.75) is 6.61 Å². The van der Waals surface area contributed by atoms with E-state index in [4.69, 9.17) is 26.8 Å². The first-order chi connectivity index (χ1) is 20.4. The lowest BCUT2D eigenvalue weighted by Crippen LogP contribution is -2.19. The zero-order valence-corrected chi connectivity index (χ0v) is 22.4. The van der Waals surface area contributed by atoms with Gasteiger partial charge in [0.15, 0.2) is 17.2 Å². The number of non-ortho nitro benzene ring substituents is 1. The van der Waals surface area contributed by atoms with Crippen molar-refractivity contribution in [3.8, 4) is 28.6 Å². The number of carbonyl (C=O) groups excluding carboxylic acids is 1. The number of rotatable bonds is 10. The number of nitrogens with one attached hydrogen (secondary N) is 1. The highest BCUT2D eigenvalue weighted by Gasteiger charge is 2.26. The molecule has 212 valence electrons. The summed E-state index contributed by atoms with van der Waals surface area (Å²) in [6, 6.07) is 17.9. The number of benzene rings is 3. The minimum atomic E-state index is -0.782. The summed E-state index contributed by atoms with van der Waals surface area (Å²) in [5.41, 5.74) is 9.28. The monoisotopic (exact) mass is 589 g/mol. The third kappa shape index (κ3) is 5.71. The fraction of sp³-hybridized carbons (Fsp3) is 0.0769. The molecule has 42 heavy (non-hydrogen) atoms. The van der Waals surface area contributed by atoms with Crippen molar-refractivity contribution in [1.29, 1.82) is 0 Å². The Balaban J connectivity index is 1.44. The van der Waals surface area contributed by atoms with Crippen LogP contribution in [0.3, 0.4) is 0 Å². The number of carbonyl (C=O) groups is 1. The molecule has 2 aromatic heterocycles. The van der Waals surface area contributed by atoms with Crippen LogP contribution in [0.1, 0.15) is 21.6 Å². The first-order valence-corrected chi connectivity index (χ1v) is 12.4. The van der Waals surface area contributed by atoms with Crippen molar-refractivity contribution >= 4 is 35.2 Å². The highest BCUT2D eigenvalue weighted by molar-refractivity contribution is 6.31. The lowest BCUT2D eigenvalue weighted by molar-refractivity contribution is -0.384. The molecule has 0 saturated carbocycles. The van der Waals surface area contributed by atoms with Gasteiger partial charge in [-0.15, -0.1) is 5.10 Å². The van der Waals surface area contributed by atoms with Gasteiger partial charge in [-0.05, 0) is 28.5 Å². The van der Waals surface area contributed by atoms with Gasteiger partial charge >= 0.3 is 0 Å². The van der Waals surface area contributed by atoms with Crippen LogP contribution in [0.4, 0.5) is 11.5 Å². The summed E-state index contributed by atoms with van der Waals surface area (Å²) < 4.78 is 17.2. The first-order valence-electron chi connectivity index (χ1n) is 12.0. The van der Waals surface area contributed by atoms with E-state index >= 15 is 0 Å². The SMILES string of the molecule is COc1cccc(/C=N\NC(=O)c2nnn(-c3nonc3N)c2-c2cccc([N+](=O)[O-])c2)c1OCc1ccccc1Cl. The van der Waals surface area contributed by atoms with Crippen LogP contribution in [0, 0.1) is 10.1 Å². The third-order valence-electron chi connectivity index (χ3n) is 5.84. The van der Waals surface area contributed by atoms with E-state index in [2.05, 4.69) is 35.8 Å². The minimum absolute atomic E-state index is 0.0407. The topological polar surface area (TPSA) is 199 Å². The zero-order chi connectivity index (χ0) is 29.6. The molecule has 3 N–H and O–H groups in total. The molecule has 0 aliphatic heterocycles. The van der Waals surface area contributed by atoms with E-state index in [1.54, 1.807) is 24.3 Å². The van der Waals surface area contributed by atoms with Gasteiger partial charge in [-0.2, -0.15) is 9.78 Å². The molecule has 0 radical (unpaired) electrons. The number of methoxy groups -OCH3 is 1. The fourth-order valence-electron chi connectivity index (χ4n) is 3.88. The largest absolute Gasteiger partial charge is 0.493 e. The number of nitrogens with zero attached hydrogens (tertiary/aromatic N) is 7. The Hall–Kier alpha value is -5.83. The fourth-order valence-corrected chi connectivity index (χ4v) is 4.07. The molecule has 5 rings (SSSR count). The number of amides is 1. The number of hydrogen-bond acceptors (Lipinski definition) is 12. The van der Waals surface area contributed by atoms with Crippen molar-refractivity contribution < 1.29 is 23.8 Å². The maximum atomic E-state index is 13.2. The number of hydrogen-bond donors (Lipinski definition) is 2. The number of para-hydroxylation sites is 1. The van der Waals surface area contributed by atoms with Crippen LogP contribution in [0.25, 0.3) is 17.1 Å². The second-order valence-electron chi connectivity index (χ2n) is 8.44. The highest BCUT2D eigenvalue weighted by Crippen LogP contribution is 2.32. The summed E-state index contributed by atoms with van der Waals surface area (Å²) in [5.74, 6) is -0.181. The molecule has 15 nitrogen and oxygen atoms in total. The van der Waals surface area contributed by atoms with Crippen LogP contribution in [0.2, 0.25) is 5.02 Å². The van der Waals surface area contributed by atoms with E-state index in [9.17, 15) is 14.9 Å². The van der Waals surface area contributed by atoms with Crippen LogP contribution in [-0.4, -0.2) is 49.5 Å². The van der Waals surface area contributed by atoms with Crippen LogP contribution >= 0.6 is 11.6 Å². The van der Waals surface area contributed by atoms with Gasteiger partial charge in [-0.1, -0.05) is 53.2 Å². The standard InChI is InChI=1S/C26H20ClN9O6/c1-40-20-11-5-8-16(23(20)41-14-17-6-2-3-10-19(17)27)13-29-31-26(37)21-22(15-7-4-9-18(12-15)36(38)39)35(34-30-21)25-24(28)32-42-33-25/h2-13H,14H2,1H3,(H2,28,32)(H,31,37)/b29-13-. The maximum absolute atomic E-state index is 13.2. The number of nitro groups is 1. The first kappa shape index (κ1) is 27.7. The van der Waals surface area contributed by atoms with Crippen molar-refractivity contribution in [2.24, 2.45) is 5.10 Å². The second-order valence-corrected chi connectivity index (χ2v) is 8.84. The van der Waals surface area contributed by atoms with Crippen molar-refractivity contribution in [3.63, 3.8) is 0 Å². The molecule has 0 spiro atoms. The predicted molar refractivity (Wildman–Crippen MR) is 150 cm³/mol. The number of halogens is 1. The van der Waals surface area contributed by atoms with Crippen LogP contribution in [0.15, 0.2) is 76.5 Å². The van der Waals surface area contributed by atoms with E-state index in [-0.39, 0.29) is 40.9 Å². The van der Waals surface area contributed by atoms with Gasteiger partial charge in [-0.25, -0.2) is 10.1 Å². The normalized spacial score (nSPS) is 11.0. The summed E-state index contributed by atoms with van der Waals surface area (Å²) in [7, 11) is 1.50. The Bertz CT molecular complexity index is 1800. The average Bonchev–Trinajstić information content (AvgIpc) is 3.63. The average molecular weight is 590 g/mol. The van der Waals surface area contributed by atoms with Crippen molar-refractivity contribution in [1.82, 2.24) is 30.7 Å². The van der Waals surface area contributed by atoms with E-state index < -0.39 is 10.8 Å². The molecule has 0 unspecified atom stereocenters. The number of anilines is 1. The van der Waals surface area contributed by atoms with E-state index in [0.717, 1.165) is 10.2 Å². The van der Waals surface area contributed by atoms with Crippen LogP contribution in [0.5, 0.6) is 11.5 Å². The van der Waals surface area contributed by atoms with Crippen LogP contribution < -0.4 is 20.6 Å². The van der Waals surface area contributed by atoms with Crippen LogP contribution in [-0.2, 0) is 6.61 Å². The smallest absolute Gasteiger partial charge is 0.294 e. The molecule has 0 bridgehead atoms. The molecular weight excluding hydrogens is 570 g/mol. The lowest BCUT2D eigenvalue weighted by atomic mass is 10.1. The van der Waals surface area contributed by atoms with Gasteiger partial charge < -0.3 is 15.2 Å². The second kappa shape index (κ2) is 12.1. The highest BCUT2D eigenvalue weighted by atomic mass is 35.5. The molecular formula is C26H20ClN9O6. The summed E-state index contributed by atoms with van der Waals surface area (Å²) >= 11 is 6.25. The zero-order valence-electron chi connectivity index (χ0n) is 21.7. The Morgan fingerprint density at radius 1 is 1.19 bits per heavy atom. The molecule has 0 aliphatic carbocycles. The molecule has 0 saturated heterocycles. The Morgan fingerprint density at radius 2 is 2.00 bits per heavy atom. The molecule has 0 aliphatic rings. The molecule has 1 amide bonds. The summed E-state index contributed by atoms with van der Waals surface area (Å²) in [4.78, 5) is 24.0. The quantitative estimate of drug-likeness (QED) is 0.136. The number of aromatic nitrogens is 5. The Labute approximate surface area is 241 Å². The summed E-state index contributed by atoms with van der Waals surface area (Å²) in [5, 5.41) is 31.1. The van der Waals surface area contributed by atoms with Gasteiger partial charge in [0.05, 0.1) is 18.2 Å². The number of nitrogen functional groups attached to an aromatic ring is 1. The Kier molecular flexibility index (Phi) is 8.01. The molecule has 16 heteroatoms. The summed E-state index contributed by atoms with van der Waals surface area (Å²) in [6.07, 6.45) is 1.36. The summed E-state index contributed by atoms with van der Waals surface area (Å²) in [6.45, 7) is 0.156. The predicted octanol–water partition coefficient (Wildman–Crippen LogP) is 3.81. The number of hydrazone groups is 1. The minimum Gasteiger partial charge on any atom is -0.493 e. The molecule has 3 aromatic carbocycles. The van der Waals surface area contributed by atoms with E-state index in [1.807, 2.05) is 18.2 Å². The molecule has 0 fully saturated rings. The third-order valence-corrected chi connectivity index (χ3v) is 6.21. The van der Waals surface area contributed by atoms with Gasteiger partial charge in [0.25, 0.3) is 11.6 Å². The van der Waals surface area contributed by atoms with E-state index in [1.165, 1.54) is 37.6 Å². The van der Waals surface area contributed by atoms with Gasteiger partial charge in [0.2, 0.25) is 11.6 Å².